The third-order valence-corrected chi connectivity index (χ3v) is 3.21. The molecule has 1 N–H and O–H groups in total. The molecular weight excluding hydrogens is 293 g/mol. The van der Waals surface area contributed by atoms with Gasteiger partial charge in [0.15, 0.2) is 0 Å². The van der Waals surface area contributed by atoms with Crippen LogP contribution in [0.4, 0.5) is 4.39 Å². The van der Waals surface area contributed by atoms with E-state index in [1.807, 2.05) is 6.92 Å². The lowest BCUT2D eigenvalue weighted by Gasteiger charge is -2.09. The average molecular weight is 310 g/mol. The molecule has 0 unspecified atom stereocenters. The highest BCUT2D eigenvalue weighted by molar-refractivity contribution is 6.30. The molecule has 0 saturated carbocycles. The van der Waals surface area contributed by atoms with Gasteiger partial charge < -0.3 is 10.1 Å². The van der Waals surface area contributed by atoms with E-state index in [1.54, 1.807) is 12.3 Å². The molecule has 6 heteroatoms. The van der Waals surface area contributed by atoms with Crippen LogP contribution in [0.2, 0.25) is 5.02 Å². The van der Waals surface area contributed by atoms with Crippen molar-refractivity contribution in [3.63, 3.8) is 0 Å². The van der Waals surface area contributed by atoms with Gasteiger partial charge in [0.05, 0.1) is 5.02 Å². The number of hydrogen-bond acceptors (Lipinski definition) is 4. The number of hydrogen-bond donors (Lipinski definition) is 1. The van der Waals surface area contributed by atoms with Gasteiger partial charge in [-0.15, -0.1) is 0 Å². The molecule has 0 aliphatic heterocycles. The van der Waals surface area contributed by atoms with Crippen molar-refractivity contribution in [1.29, 1.82) is 0 Å². The smallest absolute Gasteiger partial charge is 0.322 e. The van der Waals surface area contributed by atoms with E-state index in [4.69, 9.17) is 16.3 Å². The fourth-order valence-electron chi connectivity index (χ4n) is 1.74. The second kappa shape index (κ2) is 7.33. The summed E-state index contributed by atoms with van der Waals surface area (Å²) in [7, 11) is 0. The van der Waals surface area contributed by atoms with Crippen molar-refractivity contribution in [2.24, 2.45) is 0 Å². The monoisotopic (exact) mass is 309 g/mol. The Kier molecular flexibility index (Phi) is 5.47. The highest BCUT2D eigenvalue weighted by Crippen LogP contribution is 2.23. The van der Waals surface area contributed by atoms with Crippen LogP contribution in [-0.2, 0) is 6.54 Å². The Balaban J connectivity index is 2.07. The van der Waals surface area contributed by atoms with Gasteiger partial charge in [-0.3, -0.25) is 0 Å². The largest absolute Gasteiger partial charge is 0.424 e. The molecule has 0 radical (unpaired) electrons. The third kappa shape index (κ3) is 4.37. The maximum Gasteiger partial charge on any atom is 0.322 e. The summed E-state index contributed by atoms with van der Waals surface area (Å²) in [4.78, 5) is 8.41. The van der Waals surface area contributed by atoms with Gasteiger partial charge in [-0.25, -0.2) is 9.37 Å². The van der Waals surface area contributed by atoms with Gasteiger partial charge in [0.1, 0.15) is 11.6 Å². The van der Waals surface area contributed by atoms with Crippen LogP contribution in [0.3, 0.4) is 0 Å². The number of halogens is 2. The van der Waals surface area contributed by atoms with Crippen molar-refractivity contribution in [3.05, 3.63) is 46.5 Å². The topological polar surface area (TPSA) is 47.0 Å². The van der Waals surface area contributed by atoms with Crippen LogP contribution in [0.25, 0.3) is 0 Å². The quantitative estimate of drug-likeness (QED) is 0.823. The zero-order valence-corrected chi connectivity index (χ0v) is 12.7. The van der Waals surface area contributed by atoms with Gasteiger partial charge in [-0.2, -0.15) is 4.98 Å². The van der Waals surface area contributed by atoms with E-state index in [2.05, 4.69) is 22.2 Å². The second-order valence-electron chi connectivity index (χ2n) is 4.62. The first-order valence-electron chi connectivity index (χ1n) is 6.76. The van der Waals surface area contributed by atoms with E-state index in [1.165, 1.54) is 12.1 Å². The minimum absolute atomic E-state index is 0.0526. The molecule has 0 aliphatic carbocycles. The molecule has 2 rings (SSSR count). The highest BCUT2D eigenvalue weighted by Gasteiger charge is 2.07. The van der Waals surface area contributed by atoms with E-state index >= 15 is 0 Å². The van der Waals surface area contributed by atoms with E-state index < -0.39 is 5.82 Å². The molecule has 0 saturated heterocycles. The van der Waals surface area contributed by atoms with Crippen molar-refractivity contribution in [1.82, 2.24) is 15.3 Å². The SMILES string of the molecule is CCCNCc1cnc(Oc2ccc(Cl)c(F)c2)nc1C. The molecule has 0 aliphatic rings. The van der Waals surface area contributed by atoms with Gasteiger partial charge in [0.25, 0.3) is 0 Å². The summed E-state index contributed by atoms with van der Waals surface area (Å²) in [6, 6.07) is 4.40. The molecule has 112 valence electrons. The Bertz CT molecular complexity index is 622. The predicted octanol–water partition coefficient (Wildman–Crippen LogP) is 3.87. The normalized spacial score (nSPS) is 10.7. The van der Waals surface area contributed by atoms with Crippen molar-refractivity contribution >= 4 is 11.6 Å². The number of ether oxygens (including phenoxy) is 1. The number of benzene rings is 1. The zero-order valence-electron chi connectivity index (χ0n) is 12.0. The van der Waals surface area contributed by atoms with Gasteiger partial charge in [0.2, 0.25) is 0 Å². The summed E-state index contributed by atoms with van der Waals surface area (Å²) in [5.74, 6) is -0.223. The van der Waals surface area contributed by atoms with E-state index in [-0.39, 0.29) is 11.0 Å². The lowest BCUT2D eigenvalue weighted by Crippen LogP contribution is -2.15. The lowest BCUT2D eigenvalue weighted by atomic mass is 10.2. The van der Waals surface area contributed by atoms with Crippen molar-refractivity contribution in [2.45, 2.75) is 26.8 Å². The van der Waals surface area contributed by atoms with Crippen molar-refractivity contribution in [2.75, 3.05) is 6.54 Å². The number of aryl methyl sites for hydroxylation is 1. The van der Waals surface area contributed by atoms with Gasteiger partial charge in [-0.1, -0.05) is 18.5 Å². The van der Waals surface area contributed by atoms with Crippen LogP contribution in [0.5, 0.6) is 11.8 Å². The Morgan fingerprint density at radius 1 is 1.38 bits per heavy atom. The Morgan fingerprint density at radius 2 is 2.19 bits per heavy atom. The summed E-state index contributed by atoms with van der Waals surface area (Å²) in [5.41, 5.74) is 1.84. The molecule has 0 spiro atoms. The summed E-state index contributed by atoms with van der Waals surface area (Å²) >= 11 is 5.62. The fraction of sp³-hybridized carbons (Fsp3) is 0.333. The van der Waals surface area contributed by atoms with E-state index in [0.717, 1.165) is 30.8 Å². The number of aromatic nitrogens is 2. The molecule has 0 bridgehead atoms. The molecule has 1 aromatic carbocycles. The fourth-order valence-corrected chi connectivity index (χ4v) is 1.86. The first-order chi connectivity index (χ1) is 10.1. The number of rotatable bonds is 6. The molecule has 0 atom stereocenters. The number of nitrogens with zero attached hydrogens (tertiary/aromatic N) is 2. The molecule has 0 fully saturated rings. The highest BCUT2D eigenvalue weighted by atomic mass is 35.5. The lowest BCUT2D eigenvalue weighted by molar-refractivity contribution is 0.435. The maximum absolute atomic E-state index is 13.3. The molecular formula is C15H17ClFN3O. The standard InChI is InChI=1S/C15H17ClFN3O/c1-3-6-18-8-11-9-19-15(20-10(11)2)21-12-4-5-13(16)14(17)7-12/h4-5,7,9,18H,3,6,8H2,1-2H3. The Morgan fingerprint density at radius 3 is 2.86 bits per heavy atom. The summed E-state index contributed by atoms with van der Waals surface area (Å²) in [6.45, 7) is 5.66. The van der Waals surface area contributed by atoms with Gasteiger partial charge >= 0.3 is 6.01 Å². The van der Waals surface area contributed by atoms with Gasteiger partial charge in [0, 0.05) is 30.1 Å². The van der Waals surface area contributed by atoms with Crippen LogP contribution in [-0.4, -0.2) is 16.5 Å². The average Bonchev–Trinajstić information content (AvgIpc) is 2.45. The zero-order chi connectivity index (χ0) is 15.2. The Labute approximate surface area is 128 Å². The molecule has 1 heterocycles. The minimum atomic E-state index is -0.536. The van der Waals surface area contributed by atoms with Crippen LogP contribution in [0.1, 0.15) is 24.6 Å². The number of nitrogens with one attached hydrogen (secondary N) is 1. The first kappa shape index (κ1) is 15.7. The summed E-state index contributed by atoms with van der Waals surface area (Å²) < 4.78 is 18.8. The second-order valence-corrected chi connectivity index (χ2v) is 5.03. The van der Waals surface area contributed by atoms with Crippen LogP contribution in [0.15, 0.2) is 24.4 Å². The first-order valence-corrected chi connectivity index (χ1v) is 7.14. The molecule has 21 heavy (non-hydrogen) atoms. The summed E-state index contributed by atoms with van der Waals surface area (Å²) in [6.07, 6.45) is 2.79. The molecule has 1 aromatic heterocycles. The molecule has 0 amide bonds. The van der Waals surface area contributed by atoms with E-state index in [9.17, 15) is 4.39 Å². The van der Waals surface area contributed by atoms with Crippen LogP contribution < -0.4 is 10.1 Å². The Hall–Kier alpha value is -1.72. The minimum Gasteiger partial charge on any atom is -0.424 e. The van der Waals surface area contributed by atoms with Gasteiger partial charge in [-0.05, 0) is 32.0 Å². The van der Waals surface area contributed by atoms with E-state index in [0.29, 0.717) is 5.75 Å². The van der Waals surface area contributed by atoms with Crippen molar-refractivity contribution in [3.8, 4) is 11.8 Å². The third-order valence-electron chi connectivity index (χ3n) is 2.90. The predicted molar refractivity (Wildman–Crippen MR) is 80.3 cm³/mol. The molecule has 4 nitrogen and oxygen atoms in total. The van der Waals surface area contributed by atoms with Crippen LogP contribution >= 0.6 is 11.6 Å². The van der Waals surface area contributed by atoms with Crippen molar-refractivity contribution < 1.29 is 9.13 Å². The molecule has 2 aromatic rings. The van der Waals surface area contributed by atoms with Crippen LogP contribution in [0, 0.1) is 12.7 Å². The maximum atomic E-state index is 13.3. The summed E-state index contributed by atoms with van der Waals surface area (Å²) in [5, 5.41) is 3.34.